The van der Waals surface area contributed by atoms with Crippen LogP contribution < -0.4 is 5.43 Å². The van der Waals surface area contributed by atoms with E-state index >= 15 is 0 Å². The first kappa shape index (κ1) is 12.1. The molecule has 1 fully saturated rings. The quantitative estimate of drug-likeness (QED) is 0.778. The minimum Gasteiger partial charge on any atom is -0.296 e. The zero-order valence-electron chi connectivity index (χ0n) is 9.97. The summed E-state index contributed by atoms with van der Waals surface area (Å²) in [6.45, 7) is 5.48. The standard InChI is InChI=1S/C13H18N4/c14-6-7-15-17-10-8-16(9-11-17)12-13-4-2-1-3-5-13/h1-5,15H,7-12H2. The van der Waals surface area contributed by atoms with E-state index < -0.39 is 0 Å². The second kappa shape index (κ2) is 6.36. The van der Waals surface area contributed by atoms with E-state index in [4.69, 9.17) is 5.26 Å². The van der Waals surface area contributed by atoms with Crippen LogP contribution in [0.4, 0.5) is 0 Å². The first-order chi connectivity index (χ1) is 8.38. The summed E-state index contributed by atoms with van der Waals surface area (Å²) in [5.41, 5.74) is 4.47. The molecule has 90 valence electrons. The topological polar surface area (TPSA) is 42.3 Å². The van der Waals surface area contributed by atoms with Gasteiger partial charge in [0.15, 0.2) is 0 Å². The molecule has 1 aromatic rings. The first-order valence-electron chi connectivity index (χ1n) is 6.00. The molecule has 0 bridgehead atoms. The van der Waals surface area contributed by atoms with Crippen LogP contribution in [0.1, 0.15) is 5.56 Å². The van der Waals surface area contributed by atoms with Crippen molar-refractivity contribution < 1.29 is 0 Å². The Balaban J connectivity index is 1.74. The summed E-state index contributed by atoms with van der Waals surface area (Å²) < 4.78 is 0. The Labute approximate surface area is 102 Å². The van der Waals surface area contributed by atoms with Gasteiger partial charge in [-0.15, -0.1) is 0 Å². The number of hydrogen-bond acceptors (Lipinski definition) is 4. The highest BCUT2D eigenvalue weighted by Crippen LogP contribution is 2.06. The third-order valence-corrected chi connectivity index (χ3v) is 3.00. The van der Waals surface area contributed by atoms with Crippen LogP contribution in [0, 0.1) is 11.3 Å². The number of hydrazine groups is 1. The van der Waals surface area contributed by atoms with Crippen molar-refractivity contribution in [1.82, 2.24) is 15.3 Å². The van der Waals surface area contributed by atoms with Crippen molar-refractivity contribution in [2.45, 2.75) is 6.54 Å². The van der Waals surface area contributed by atoms with Crippen LogP contribution in [0.5, 0.6) is 0 Å². The molecular formula is C13H18N4. The molecule has 17 heavy (non-hydrogen) atoms. The maximum absolute atomic E-state index is 8.49. The van der Waals surface area contributed by atoms with Crippen LogP contribution in [0.2, 0.25) is 0 Å². The smallest absolute Gasteiger partial charge is 0.0974 e. The Morgan fingerprint density at radius 1 is 1.12 bits per heavy atom. The number of hydrogen-bond donors (Lipinski definition) is 1. The lowest BCUT2D eigenvalue weighted by atomic mass is 10.2. The normalized spacial score (nSPS) is 17.8. The highest BCUT2D eigenvalue weighted by atomic mass is 15.5. The van der Waals surface area contributed by atoms with Gasteiger partial charge in [0.2, 0.25) is 0 Å². The molecule has 1 N–H and O–H groups in total. The van der Waals surface area contributed by atoms with Crippen molar-refractivity contribution >= 4 is 0 Å². The lowest BCUT2D eigenvalue weighted by molar-refractivity contribution is 0.0903. The Hall–Kier alpha value is -1.41. The summed E-state index contributed by atoms with van der Waals surface area (Å²) in [5, 5.41) is 10.6. The van der Waals surface area contributed by atoms with Gasteiger partial charge >= 0.3 is 0 Å². The van der Waals surface area contributed by atoms with Gasteiger partial charge < -0.3 is 0 Å². The van der Waals surface area contributed by atoms with Crippen LogP contribution >= 0.6 is 0 Å². The lowest BCUT2D eigenvalue weighted by Gasteiger charge is -2.34. The van der Waals surface area contributed by atoms with Crippen molar-refractivity contribution in [3.8, 4) is 6.07 Å². The van der Waals surface area contributed by atoms with Gasteiger partial charge in [-0.1, -0.05) is 30.3 Å². The zero-order chi connectivity index (χ0) is 11.9. The van der Waals surface area contributed by atoms with E-state index in [2.05, 4.69) is 45.7 Å². The first-order valence-corrected chi connectivity index (χ1v) is 6.00. The molecule has 4 nitrogen and oxygen atoms in total. The number of nitrogens with zero attached hydrogens (tertiary/aromatic N) is 3. The molecule has 1 heterocycles. The Bertz CT molecular complexity index is 363. The van der Waals surface area contributed by atoms with Gasteiger partial charge in [0.1, 0.15) is 0 Å². The minimum atomic E-state index is 0.401. The monoisotopic (exact) mass is 230 g/mol. The summed E-state index contributed by atoms with van der Waals surface area (Å²) in [7, 11) is 0. The van der Waals surface area contributed by atoms with Crippen LogP contribution in [-0.2, 0) is 6.54 Å². The molecule has 0 spiro atoms. The second-order valence-corrected chi connectivity index (χ2v) is 4.24. The molecule has 0 radical (unpaired) electrons. The van der Waals surface area contributed by atoms with Gasteiger partial charge in [-0.3, -0.25) is 4.90 Å². The van der Waals surface area contributed by atoms with E-state index in [1.807, 2.05) is 6.07 Å². The third kappa shape index (κ3) is 3.82. The summed E-state index contributed by atoms with van der Waals surface area (Å²) in [4.78, 5) is 2.44. The highest BCUT2D eigenvalue weighted by Gasteiger charge is 2.15. The maximum atomic E-state index is 8.49. The summed E-state index contributed by atoms with van der Waals surface area (Å²) >= 11 is 0. The van der Waals surface area contributed by atoms with E-state index in [0.29, 0.717) is 6.54 Å². The Kier molecular flexibility index (Phi) is 4.51. The third-order valence-electron chi connectivity index (χ3n) is 3.00. The van der Waals surface area contributed by atoms with Crippen molar-refractivity contribution in [3.05, 3.63) is 35.9 Å². The van der Waals surface area contributed by atoms with E-state index in [-0.39, 0.29) is 0 Å². The molecule has 1 aliphatic heterocycles. The van der Waals surface area contributed by atoms with Gasteiger partial charge in [0, 0.05) is 32.7 Å². The predicted octanol–water partition coefficient (Wildman–Crippen LogP) is 0.832. The number of rotatable bonds is 4. The van der Waals surface area contributed by atoms with E-state index in [9.17, 15) is 0 Å². The van der Waals surface area contributed by atoms with E-state index in [1.165, 1.54) is 5.56 Å². The molecule has 0 atom stereocenters. The van der Waals surface area contributed by atoms with Gasteiger partial charge in [-0.05, 0) is 5.56 Å². The van der Waals surface area contributed by atoms with Crippen molar-refractivity contribution in [2.24, 2.45) is 0 Å². The minimum absolute atomic E-state index is 0.401. The Morgan fingerprint density at radius 2 is 1.82 bits per heavy atom. The average Bonchev–Trinajstić information content (AvgIpc) is 2.39. The molecule has 0 saturated carbocycles. The van der Waals surface area contributed by atoms with Crippen LogP contribution in [0.3, 0.4) is 0 Å². The van der Waals surface area contributed by atoms with Crippen molar-refractivity contribution in [3.63, 3.8) is 0 Å². The summed E-state index contributed by atoms with van der Waals surface area (Å²) in [6, 6.07) is 12.6. The molecule has 2 rings (SSSR count). The van der Waals surface area contributed by atoms with Crippen molar-refractivity contribution in [2.75, 3.05) is 32.7 Å². The number of nitrogens with one attached hydrogen (secondary N) is 1. The Morgan fingerprint density at radius 3 is 2.47 bits per heavy atom. The fraction of sp³-hybridized carbons (Fsp3) is 0.462. The zero-order valence-corrected chi connectivity index (χ0v) is 9.97. The average molecular weight is 230 g/mol. The molecule has 0 amide bonds. The highest BCUT2D eigenvalue weighted by molar-refractivity contribution is 5.14. The van der Waals surface area contributed by atoms with E-state index in [0.717, 1.165) is 32.7 Å². The molecule has 0 unspecified atom stereocenters. The molecule has 1 aliphatic rings. The van der Waals surface area contributed by atoms with E-state index in [1.54, 1.807) is 0 Å². The van der Waals surface area contributed by atoms with Crippen molar-refractivity contribution in [1.29, 1.82) is 5.26 Å². The van der Waals surface area contributed by atoms with Gasteiger partial charge in [0.25, 0.3) is 0 Å². The summed E-state index contributed by atoms with van der Waals surface area (Å²) in [6.07, 6.45) is 0. The SMILES string of the molecule is N#CCNN1CCN(Cc2ccccc2)CC1. The fourth-order valence-corrected chi connectivity index (χ4v) is 2.05. The lowest BCUT2D eigenvalue weighted by Crippen LogP contribution is -2.51. The van der Waals surface area contributed by atoms with Crippen LogP contribution in [0.25, 0.3) is 0 Å². The van der Waals surface area contributed by atoms with Crippen LogP contribution in [-0.4, -0.2) is 42.6 Å². The number of nitriles is 1. The number of benzene rings is 1. The van der Waals surface area contributed by atoms with Gasteiger partial charge in [-0.25, -0.2) is 10.4 Å². The second-order valence-electron chi connectivity index (χ2n) is 4.24. The molecular weight excluding hydrogens is 212 g/mol. The predicted molar refractivity (Wildman–Crippen MR) is 66.9 cm³/mol. The molecule has 1 saturated heterocycles. The fourth-order valence-electron chi connectivity index (χ4n) is 2.05. The summed E-state index contributed by atoms with van der Waals surface area (Å²) in [5.74, 6) is 0. The molecule has 4 heteroatoms. The van der Waals surface area contributed by atoms with Gasteiger partial charge in [-0.2, -0.15) is 5.26 Å². The van der Waals surface area contributed by atoms with Gasteiger partial charge in [0.05, 0.1) is 12.6 Å². The van der Waals surface area contributed by atoms with Crippen LogP contribution in [0.15, 0.2) is 30.3 Å². The maximum Gasteiger partial charge on any atom is 0.0974 e. The molecule has 0 aromatic heterocycles. The largest absolute Gasteiger partial charge is 0.296 e. The molecule has 1 aromatic carbocycles. The molecule has 0 aliphatic carbocycles. The number of piperazine rings is 1.